The number of carbonyl (C=O) groups excluding carboxylic acids is 1. The van der Waals surface area contributed by atoms with E-state index >= 15 is 0 Å². The van der Waals surface area contributed by atoms with E-state index in [-0.39, 0.29) is 30.7 Å². The molecule has 2 aromatic rings. The standard InChI is InChI=1S/C22H31N5O5S/c1-3-32-19(28)13-15-12-16-14-23-22(24-17-8-10-26(11-9-17)33(2,30)31)25-20(16)27(21(15)29)18-6-4-5-7-18/h12,14,17-18H,3-11,13H2,1-2H3,(H,23,24,25). The summed E-state index contributed by atoms with van der Waals surface area (Å²) >= 11 is 0. The van der Waals surface area contributed by atoms with Crippen molar-refractivity contribution in [1.82, 2.24) is 18.8 Å². The van der Waals surface area contributed by atoms with Gasteiger partial charge in [0.05, 0.1) is 19.3 Å². The molecule has 0 aromatic carbocycles. The van der Waals surface area contributed by atoms with Crippen LogP contribution in [-0.2, 0) is 26.0 Å². The molecule has 33 heavy (non-hydrogen) atoms. The molecule has 2 aromatic heterocycles. The molecule has 4 rings (SSSR count). The van der Waals surface area contributed by atoms with Crippen molar-refractivity contribution < 1.29 is 17.9 Å². The summed E-state index contributed by atoms with van der Waals surface area (Å²) < 4.78 is 31.7. The van der Waals surface area contributed by atoms with E-state index in [1.165, 1.54) is 10.6 Å². The van der Waals surface area contributed by atoms with Gasteiger partial charge in [-0.2, -0.15) is 4.98 Å². The van der Waals surface area contributed by atoms with Crippen LogP contribution in [0, 0.1) is 0 Å². The van der Waals surface area contributed by atoms with E-state index in [1.54, 1.807) is 23.8 Å². The Labute approximate surface area is 193 Å². The fraction of sp³-hybridized carbons (Fsp3) is 0.636. The molecule has 0 atom stereocenters. The number of pyridine rings is 1. The van der Waals surface area contributed by atoms with Gasteiger partial charge in [0.15, 0.2) is 0 Å². The Morgan fingerprint density at radius 2 is 1.91 bits per heavy atom. The normalized spacial score (nSPS) is 18.6. The van der Waals surface area contributed by atoms with Crippen molar-refractivity contribution >= 4 is 33.0 Å². The fourth-order valence-corrected chi connectivity index (χ4v) is 5.63. The molecule has 11 heteroatoms. The topological polar surface area (TPSA) is 123 Å². The van der Waals surface area contributed by atoms with Gasteiger partial charge >= 0.3 is 5.97 Å². The molecule has 3 heterocycles. The van der Waals surface area contributed by atoms with Crippen LogP contribution in [0.25, 0.3) is 11.0 Å². The van der Waals surface area contributed by atoms with Crippen molar-refractivity contribution in [1.29, 1.82) is 0 Å². The van der Waals surface area contributed by atoms with Gasteiger partial charge in [-0.15, -0.1) is 0 Å². The third-order valence-corrected chi connectivity index (χ3v) is 7.74. The number of hydrogen-bond donors (Lipinski definition) is 1. The molecule has 0 unspecified atom stereocenters. The Morgan fingerprint density at radius 1 is 1.21 bits per heavy atom. The quantitative estimate of drug-likeness (QED) is 0.599. The lowest BCUT2D eigenvalue weighted by molar-refractivity contribution is -0.142. The second-order valence-corrected chi connectivity index (χ2v) is 10.8. The zero-order valence-corrected chi connectivity index (χ0v) is 19.9. The first-order valence-electron chi connectivity index (χ1n) is 11.5. The number of esters is 1. The molecule has 180 valence electrons. The average Bonchev–Trinajstić information content (AvgIpc) is 3.29. The number of aromatic nitrogens is 3. The average molecular weight is 478 g/mol. The van der Waals surface area contributed by atoms with Crippen LogP contribution >= 0.6 is 0 Å². The Balaban J connectivity index is 1.63. The van der Waals surface area contributed by atoms with Crippen molar-refractivity contribution in [3.05, 3.63) is 28.2 Å². The first-order chi connectivity index (χ1) is 15.8. The van der Waals surface area contributed by atoms with E-state index in [0.717, 1.165) is 25.7 Å². The SMILES string of the molecule is CCOC(=O)Cc1cc2cnc(NC3CCN(S(C)(=O)=O)CC3)nc2n(C2CCCC2)c1=O. The van der Waals surface area contributed by atoms with Crippen molar-refractivity contribution in [2.75, 3.05) is 31.3 Å². The highest BCUT2D eigenvalue weighted by Gasteiger charge is 2.26. The number of sulfonamides is 1. The highest BCUT2D eigenvalue weighted by molar-refractivity contribution is 7.88. The molecule has 1 saturated heterocycles. The number of piperidine rings is 1. The van der Waals surface area contributed by atoms with Gasteiger partial charge in [0, 0.05) is 42.3 Å². The Kier molecular flexibility index (Phi) is 6.99. The lowest BCUT2D eigenvalue weighted by Gasteiger charge is -2.30. The van der Waals surface area contributed by atoms with E-state index in [2.05, 4.69) is 10.3 Å². The molecule has 0 spiro atoms. The summed E-state index contributed by atoms with van der Waals surface area (Å²) in [5, 5.41) is 4.02. The van der Waals surface area contributed by atoms with Crippen LogP contribution in [0.1, 0.15) is 57.1 Å². The molecule has 0 bridgehead atoms. The summed E-state index contributed by atoms with van der Waals surface area (Å²) in [6.07, 6.45) is 8.04. The van der Waals surface area contributed by atoms with Crippen molar-refractivity contribution in [3.8, 4) is 0 Å². The largest absolute Gasteiger partial charge is 0.466 e. The molecule has 1 aliphatic carbocycles. The Morgan fingerprint density at radius 3 is 2.55 bits per heavy atom. The van der Waals surface area contributed by atoms with E-state index in [9.17, 15) is 18.0 Å². The summed E-state index contributed by atoms with van der Waals surface area (Å²) in [6.45, 7) is 2.91. The van der Waals surface area contributed by atoms with Crippen LogP contribution in [0.3, 0.4) is 0 Å². The number of nitrogens with zero attached hydrogens (tertiary/aromatic N) is 4. The van der Waals surface area contributed by atoms with Gasteiger partial charge < -0.3 is 10.1 Å². The zero-order chi connectivity index (χ0) is 23.6. The van der Waals surface area contributed by atoms with Crippen LogP contribution in [0.15, 0.2) is 17.1 Å². The minimum atomic E-state index is -3.18. The van der Waals surface area contributed by atoms with Gasteiger partial charge in [-0.25, -0.2) is 17.7 Å². The number of rotatable bonds is 7. The molecule has 1 saturated carbocycles. The lowest BCUT2D eigenvalue weighted by atomic mass is 10.1. The molecule has 0 amide bonds. The van der Waals surface area contributed by atoms with Crippen LogP contribution in [-0.4, -0.2) is 65.2 Å². The van der Waals surface area contributed by atoms with Crippen LogP contribution in [0.4, 0.5) is 5.95 Å². The summed E-state index contributed by atoms with van der Waals surface area (Å²) in [5.41, 5.74) is 0.754. The molecule has 1 aliphatic heterocycles. The Bertz CT molecular complexity index is 1180. The van der Waals surface area contributed by atoms with E-state index < -0.39 is 16.0 Å². The smallest absolute Gasteiger partial charge is 0.310 e. The van der Waals surface area contributed by atoms with Crippen LogP contribution < -0.4 is 10.9 Å². The molecular formula is C22H31N5O5S. The third kappa shape index (κ3) is 5.35. The van der Waals surface area contributed by atoms with E-state index in [1.807, 2.05) is 0 Å². The minimum Gasteiger partial charge on any atom is -0.466 e. The van der Waals surface area contributed by atoms with Crippen molar-refractivity contribution in [3.63, 3.8) is 0 Å². The zero-order valence-electron chi connectivity index (χ0n) is 19.1. The molecule has 1 N–H and O–H groups in total. The van der Waals surface area contributed by atoms with E-state index in [4.69, 9.17) is 9.72 Å². The number of carbonyl (C=O) groups is 1. The second kappa shape index (κ2) is 9.76. The van der Waals surface area contributed by atoms with Gasteiger partial charge in [-0.3, -0.25) is 14.2 Å². The van der Waals surface area contributed by atoms with Gasteiger partial charge in [-0.1, -0.05) is 12.8 Å². The minimum absolute atomic E-state index is 0.0443. The summed E-state index contributed by atoms with van der Waals surface area (Å²) in [4.78, 5) is 34.5. The highest BCUT2D eigenvalue weighted by atomic mass is 32.2. The van der Waals surface area contributed by atoms with Crippen molar-refractivity contribution in [2.45, 2.75) is 64.0 Å². The first-order valence-corrected chi connectivity index (χ1v) is 13.4. The summed E-state index contributed by atoms with van der Waals surface area (Å²) in [6, 6.07) is 1.78. The fourth-order valence-electron chi connectivity index (χ4n) is 4.76. The molecular weight excluding hydrogens is 446 g/mol. The molecule has 10 nitrogen and oxygen atoms in total. The number of fused-ring (bicyclic) bond motifs is 1. The predicted octanol–water partition coefficient (Wildman–Crippen LogP) is 1.85. The van der Waals surface area contributed by atoms with Gasteiger partial charge in [0.1, 0.15) is 5.65 Å². The highest BCUT2D eigenvalue weighted by Crippen LogP contribution is 2.31. The van der Waals surface area contributed by atoms with Crippen LogP contribution in [0.5, 0.6) is 0 Å². The van der Waals surface area contributed by atoms with Crippen molar-refractivity contribution in [2.24, 2.45) is 0 Å². The second-order valence-electron chi connectivity index (χ2n) is 8.82. The molecule has 0 radical (unpaired) electrons. The molecule has 2 aliphatic rings. The summed E-state index contributed by atoms with van der Waals surface area (Å²) in [7, 11) is -3.18. The number of anilines is 1. The van der Waals surface area contributed by atoms with Gasteiger partial charge in [-0.05, 0) is 38.7 Å². The maximum absolute atomic E-state index is 13.4. The van der Waals surface area contributed by atoms with E-state index in [0.29, 0.717) is 48.5 Å². The first kappa shape index (κ1) is 23.6. The predicted molar refractivity (Wildman–Crippen MR) is 125 cm³/mol. The Hall–Kier alpha value is -2.53. The van der Waals surface area contributed by atoms with Gasteiger partial charge in [0.2, 0.25) is 16.0 Å². The van der Waals surface area contributed by atoms with Gasteiger partial charge in [0.25, 0.3) is 5.56 Å². The number of nitrogens with one attached hydrogen (secondary N) is 1. The number of hydrogen-bond acceptors (Lipinski definition) is 8. The third-order valence-electron chi connectivity index (χ3n) is 6.43. The molecule has 2 fully saturated rings. The maximum atomic E-state index is 13.4. The monoisotopic (exact) mass is 477 g/mol. The number of ether oxygens (including phenoxy) is 1. The van der Waals surface area contributed by atoms with Crippen LogP contribution in [0.2, 0.25) is 0 Å². The summed E-state index contributed by atoms with van der Waals surface area (Å²) in [5.74, 6) is -0.00356. The maximum Gasteiger partial charge on any atom is 0.310 e. The lowest BCUT2D eigenvalue weighted by Crippen LogP contribution is -2.42.